The third kappa shape index (κ3) is 5.75. The number of hydrogen-bond donors (Lipinski definition) is 1. The van der Waals surface area contributed by atoms with Gasteiger partial charge in [-0.25, -0.2) is 4.39 Å². The molecule has 1 fully saturated rings. The summed E-state index contributed by atoms with van der Waals surface area (Å²) < 4.78 is 14.4. The molecule has 1 aromatic carbocycles. The average Bonchev–Trinajstić information content (AvgIpc) is 3.23. The highest BCUT2D eigenvalue weighted by molar-refractivity contribution is 5.92. The van der Waals surface area contributed by atoms with Gasteiger partial charge in [0.15, 0.2) is 0 Å². The summed E-state index contributed by atoms with van der Waals surface area (Å²) in [6.45, 7) is 7.09. The number of halogens is 1. The summed E-state index contributed by atoms with van der Waals surface area (Å²) in [6, 6.07) is 6.23. The number of likely N-dealkylation sites (tertiary alicyclic amines) is 1. The third-order valence-corrected chi connectivity index (χ3v) is 6.97. The number of alkyl halides is 1. The smallest absolute Gasteiger partial charge is 0.245 e. The number of nitrogens with zero attached hydrogens (tertiary/aromatic N) is 2. The number of rotatable bonds is 7. The molecule has 3 rings (SSSR count). The van der Waals surface area contributed by atoms with Crippen molar-refractivity contribution in [3.63, 3.8) is 0 Å². The van der Waals surface area contributed by atoms with E-state index in [-0.39, 0.29) is 36.7 Å². The molecule has 34 heavy (non-hydrogen) atoms. The second-order valence-electron chi connectivity index (χ2n) is 9.67. The van der Waals surface area contributed by atoms with Crippen molar-refractivity contribution >= 4 is 17.7 Å². The average molecular weight is 470 g/mol. The standard InChI is InChI=1S/C27H36FN3O3/c1-17(2)20-11-13-22(14-12-20)25(21-9-7-6-8-10-21)29-26(33)24-15-23(28)16-31(24)27(34)18(3)30(5)19(4)32/h6-9,11-14,17-18,21,23-25H,10,15-16H2,1-5H3,(H,29,33)/t18?,21?,23-,24+,25+/m1/s1. The predicted octanol–water partition coefficient (Wildman–Crippen LogP) is 3.91. The zero-order valence-electron chi connectivity index (χ0n) is 20.7. The molecule has 1 N–H and O–H groups in total. The molecule has 5 atom stereocenters. The molecule has 0 aromatic heterocycles. The summed E-state index contributed by atoms with van der Waals surface area (Å²) in [5, 5.41) is 3.12. The molecule has 2 unspecified atom stereocenters. The molecular formula is C27H36FN3O3. The van der Waals surface area contributed by atoms with Gasteiger partial charge in [-0.05, 0) is 30.4 Å². The highest BCUT2D eigenvalue weighted by Crippen LogP contribution is 2.31. The Morgan fingerprint density at radius 2 is 1.74 bits per heavy atom. The largest absolute Gasteiger partial charge is 0.347 e. The fourth-order valence-electron chi connectivity index (χ4n) is 4.58. The van der Waals surface area contributed by atoms with Crippen molar-refractivity contribution in [1.82, 2.24) is 15.1 Å². The molecule has 0 spiro atoms. The minimum absolute atomic E-state index is 0.0481. The van der Waals surface area contributed by atoms with Crippen LogP contribution in [-0.4, -0.2) is 59.4 Å². The Labute approximate surface area is 201 Å². The number of likely N-dealkylation sites (N-methyl/N-ethyl adjacent to an activating group) is 1. The normalized spacial score (nSPS) is 23.6. The lowest BCUT2D eigenvalue weighted by Gasteiger charge is -2.32. The number of hydrogen-bond acceptors (Lipinski definition) is 3. The van der Waals surface area contributed by atoms with Gasteiger partial charge in [0.2, 0.25) is 17.7 Å². The summed E-state index contributed by atoms with van der Waals surface area (Å²) in [7, 11) is 1.53. The minimum atomic E-state index is -1.28. The van der Waals surface area contributed by atoms with E-state index in [0.29, 0.717) is 5.92 Å². The van der Waals surface area contributed by atoms with Gasteiger partial charge in [0.1, 0.15) is 18.3 Å². The maximum atomic E-state index is 14.4. The van der Waals surface area contributed by atoms with Gasteiger partial charge in [0.25, 0.3) is 0 Å². The fourth-order valence-corrected chi connectivity index (χ4v) is 4.58. The van der Waals surface area contributed by atoms with Crippen molar-refractivity contribution < 1.29 is 18.8 Å². The van der Waals surface area contributed by atoms with Crippen molar-refractivity contribution in [2.45, 2.75) is 70.8 Å². The summed E-state index contributed by atoms with van der Waals surface area (Å²) in [5.74, 6) is -0.606. The predicted molar refractivity (Wildman–Crippen MR) is 131 cm³/mol. The minimum Gasteiger partial charge on any atom is -0.347 e. The highest BCUT2D eigenvalue weighted by atomic mass is 19.1. The Balaban J connectivity index is 1.83. The number of benzene rings is 1. The van der Waals surface area contributed by atoms with Crippen LogP contribution >= 0.6 is 0 Å². The van der Waals surface area contributed by atoms with Crippen LogP contribution in [0.15, 0.2) is 48.6 Å². The summed E-state index contributed by atoms with van der Waals surface area (Å²) >= 11 is 0. The molecule has 1 aliphatic heterocycles. The molecular weight excluding hydrogens is 433 g/mol. The van der Waals surface area contributed by atoms with Crippen LogP contribution in [0.5, 0.6) is 0 Å². The number of allylic oxidation sites excluding steroid dienone is 3. The van der Waals surface area contributed by atoms with E-state index in [1.807, 2.05) is 24.3 Å². The maximum absolute atomic E-state index is 14.4. The molecule has 1 aliphatic carbocycles. The van der Waals surface area contributed by atoms with Crippen molar-refractivity contribution in [1.29, 1.82) is 0 Å². The van der Waals surface area contributed by atoms with Crippen molar-refractivity contribution in [2.24, 2.45) is 5.92 Å². The maximum Gasteiger partial charge on any atom is 0.245 e. The fraction of sp³-hybridized carbons (Fsp3) is 0.519. The monoisotopic (exact) mass is 469 g/mol. The molecule has 0 radical (unpaired) electrons. The Morgan fingerprint density at radius 1 is 1.09 bits per heavy atom. The van der Waals surface area contributed by atoms with Gasteiger partial charge in [-0.2, -0.15) is 0 Å². The molecule has 184 valence electrons. The zero-order chi connectivity index (χ0) is 25.0. The topological polar surface area (TPSA) is 69.7 Å². The Hall–Kier alpha value is -2.96. The van der Waals surface area contributed by atoms with Gasteiger partial charge < -0.3 is 15.1 Å². The van der Waals surface area contributed by atoms with Crippen LogP contribution < -0.4 is 5.32 Å². The van der Waals surface area contributed by atoms with Gasteiger partial charge in [0.05, 0.1) is 12.6 Å². The second kappa shape index (κ2) is 11.0. The second-order valence-corrected chi connectivity index (χ2v) is 9.67. The van der Waals surface area contributed by atoms with Crippen molar-refractivity contribution in [3.8, 4) is 0 Å². The number of carbonyl (C=O) groups is 3. The zero-order valence-corrected chi connectivity index (χ0v) is 20.7. The van der Waals surface area contributed by atoms with E-state index in [1.54, 1.807) is 6.92 Å². The van der Waals surface area contributed by atoms with E-state index in [1.165, 1.54) is 29.3 Å². The molecule has 0 saturated carbocycles. The van der Waals surface area contributed by atoms with Crippen LogP contribution in [-0.2, 0) is 14.4 Å². The van der Waals surface area contributed by atoms with Gasteiger partial charge in [-0.15, -0.1) is 0 Å². The SMILES string of the molecule is CC(=O)N(C)C(C)C(=O)N1C[C@H](F)C[C@H]1C(=O)N[C@H](c1ccc(C(C)C)cc1)C1C=CC=CC1. The summed E-state index contributed by atoms with van der Waals surface area (Å²) in [6.07, 6.45) is 7.53. The molecule has 7 heteroatoms. The van der Waals surface area contributed by atoms with Gasteiger partial charge in [-0.3, -0.25) is 14.4 Å². The summed E-state index contributed by atoms with van der Waals surface area (Å²) in [4.78, 5) is 40.8. The third-order valence-electron chi connectivity index (χ3n) is 6.97. The lowest BCUT2D eigenvalue weighted by Crippen LogP contribution is -2.53. The molecule has 1 heterocycles. The first-order chi connectivity index (χ1) is 16.1. The molecule has 6 nitrogen and oxygen atoms in total. The van der Waals surface area contributed by atoms with E-state index >= 15 is 0 Å². The number of nitrogens with one attached hydrogen (secondary N) is 1. The molecule has 1 saturated heterocycles. The lowest BCUT2D eigenvalue weighted by atomic mass is 9.86. The summed E-state index contributed by atoms with van der Waals surface area (Å²) in [5.41, 5.74) is 2.18. The number of carbonyl (C=O) groups excluding carboxylic acids is 3. The number of amides is 3. The van der Waals surface area contributed by atoms with Gasteiger partial charge >= 0.3 is 0 Å². The van der Waals surface area contributed by atoms with Gasteiger partial charge in [-0.1, -0.05) is 62.4 Å². The quantitative estimate of drug-likeness (QED) is 0.658. The first kappa shape index (κ1) is 25.7. The first-order valence-corrected chi connectivity index (χ1v) is 12.0. The molecule has 2 aliphatic rings. The molecule has 1 aromatic rings. The van der Waals surface area contributed by atoms with Crippen LogP contribution in [0.2, 0.25) is 0 Å². The Morgan fingerprint density at radius 3 is 2.29 bits per heavy atom. The van der Waals surface area contributed by atoms with Crippen LogP contribution in [0, 0.1) is 5.92 Å². The van der Waals surface area contributed by atoms with Crippen LogP contribution in [0.1, 0.15) is 63.6 Å². The van der Waals surface area contributed by atoms with Crippen LogP contribution in [0.25, 0.3) is 0 Å². The van der Waals surface area contributed by atoms with E-state index in [2.05, 4.69) is 43.4 Å². The van der Waals surface area contributed by atoms with Gasteiger partial charge in [0, 0.05) is 26.3 Å². The van der Waals surface area contributed by atoms with E-state index < -0.39 is 24.2 Å². The van der Waals surface area contributed by atoms with E-state index in [9.17, 15) is 18.8 Å². The van der Waals surface area contributed by atoms with E-state index in [4.69, 9.17) is 0 Å². The Bertz CT molecular complexity index is 956. The molecule has 0 bridgehead atoms. The van der Waals surface area contributed by atoms with Crippen LogP contribution in [0.4, 0.5) is 4.39 Å². The van der Waals surface area contributed by atoms with Crippen LogP contribution in [0.3, 0.4) is 0 Å². The van der Waals surface area contributed by atoms with Crippen molar-refractivity contribution in [3.05, 3.63) is 59.7 Å². The Kier molecular flexibility index (Phi) is 8.28. The van der Waals surface area contributed by atoms with Crippen molar-refractivity contribution in [2.75, 3.05) is 13.6 Å². The molecule has 3 amide bonds. The lowest BCUT2D eigenvalue weighted by molar-refractivity contribution is -0.146. The van der Waals surface area contributed by atoms with E-state index in [0.717, 1.165) is 12.0 Å². The highest BCUT2D eigenvalue weighted by Gasteiger charge is 2.43. The first-order valence-electron chi connectivity index (χ1n) is 12.0.